The molecular formula is C15H27N3O3. The van der Waals surface area contributed by atoms with Gasteiger partial charge in [-0.2, -0.15) is 0 Å². The third-order valence-electron chi connectivity index (χ3n) is 4.70. The molecule has 2 rings (SSSR count). The van der Waals surface area contributed by atoms with E-state index in [0.29, 0.717) is 26.2 Å². The Balaban J connectivity index is 2.15. The monoisotopic (exact) mass is 297 g/mol. The van der Waals surface area contributed by atoms with E-state index in [9.17, 15) is 9.59 Å². The lowest BCUT2D eigenvalue weighted by Crippen LogP contribution is -2.60. The van der Waals surface area contributed by atoms with Crippen LogP contribution in [-0.4, -0.2) is 55.6 Å². The molecule has 1 saturated heterocycles. The molecule has 3 N–H and O–H groups in total. The molecule has 0 radical (unpaired) electrons. The number of carbonyl (C=O) groups excluding carboxylic acids is 2. The molecule has 0 aromatic rings. The molecule has 6 nitrogen and oxygen atoms in total. The standard InChI is InChI=1S/C15H27N3O3/c1-2-17-13(19)12-10-21-9-8-18(12)14(20)15(11-16)6-4-3-5-7-15/h12H,2-11,16H2,1H3,(H,17,19). The van der Waals surface area contributed by atoms with E-state index in [1.807, 2.05) is 6.92 Å². The van der Waals surface area contributed by atoms with Gasteiger partial charge in [-0.15, -0.1) is 0 Å². The summed E-state index contributed by atoms with van der Waals surface area (Å²) in [6, 6.07) is -0.517. The highest BCUT2D eigenvalue weighted by molar-refractivity contribution is 5.90. The maximum Gasteiger partial charge on any atom is 0.245 e. The van der Waals surface area contributed by atoms with Gasteiger partial charge in [0.15, 0.2) is 0 Å². The Morgan fingerprint density at radius 3 is 2.67 bits per heavy atom. The topological polar surface area (TPSA) is 84.7 Å². The predicted octanol–water partition coefficient (Wildman–Crippen LogP) is 0.259. The van der Waals surface area contributed by atoms with Crippen LogP contribution in [-0.2, 0) is 14.3 Å². The van der Waals surface area contributed by atoms with Crippen molar-refractivity contribution >= 4 is 11.8 Å². The maximum absolute atomic E-state index is 13.0. The largest absolute Gasteiger partial charge is 0.377 e. The molecule has 0 aromatic heterocycles. The molecule has 1 unspecified atom stereocenters. The van der Waals surface area contributed by atoms with Crippen LogP contribution in [0.25, 0.3) is 0 Å². The highest BCUT2D eigenvalue weighted by Gasteiger charge is 2.44. The summed E-state index contributed by atoms with van der Waals surface area (Å²) >= 11 is 0. The molecule has 2 amide bonds. The average Bonchev–Trinajstić information content (AvgIpc) is 2.55. The first-order valence-electron chi connectivity index (χ1n) is 8.01. The van der Waals surface area contributed by atoms with Crippen molar-refractivity contribution < 1.29 is 14.3 Å². The Labute approximate surface area is 126 Å². The Bertz CT molecular complexity index is 380. The second-order valence-corrected chi connectivity index (χ2v) is 6.03. The number of nitrogens with one attached hydrogen (secondary N) is 1. The third kappa shape index (κ3) is 3.37. The van der Waals surface area contributed by atoms with Gasteiger partial charge in [-0.05, 0) is 19.8 Å². The Morgan fingerprint density at radius 2 is 2.05 bits per heavy atom. The van der Waals surface area contributed by atoms with Crippen LogP contribution in [0, 0.1) is 5.41 Å². The smallest absolute Gasteiger partial charge is 0.245 e. The van der Waals surface area contributed by atoms with Crippen LogP contribution in [0.4, 0.5) is 0 Å². The van der Waals surface area contributed by atoms with Crippen molar-refractivity contribution in [3.63, 3.8) is 0 Å². The normalized spacial score (nSPS) is 25.4. The van der Waals surface area contributed by atoms with Crippen molar-refractivity contribution in [1.82, 2.24) is 10.2 Å². The number of amides is 2. The summed E-state index contributed by atoms with van der Waals surface area (Å²) in [5, 5.41) is 2.79. The molecular weight excluding hydrogens is 270 g/mol. The van der Waals surface area contributed by atoms with Crippen molar-refractivity contribution in [3.8, 4) is 0 Å². The fourth-order valence-corrected chi connectivity index (χ4v) is 3.39. The van der Waals surface area contributed by atoms with Gasteiger partial charge >= 0.3 is 0 Å². The summed E-state index contributed by atoms with van der Waals surface area (Å²) in [5.41, 5.74) is 5.47. The van der Waals surface area contributed by atoms with Crippen molar-refractivity contribution in [3.05, 3.63) is 0 Å². The van der Waals surface area contributed by atoms with E-state index in [4.69, 9.17) is 10.5 Å². The van der Waals surface area contributed by atoms with Gasteiger partial charge in [-0.1, -0.05) is 19.3 Å². The van der Waals surface area contributed by atoms with Gasteiger partial charge in [0.05, 0.1) is 18.6 Å². The van der Waals surface area contributed by atoms with Crippen LogP contribution in [0.5, 0.6) is 0 Å². The number of rotatable bonds is 4. The zero-order chi connectivity index (χ0) is 15.3. The van der Waals surface area contributed by atoms with Gasteiger partial charge in [-0.25, -0.2) is 0 Å². The molecule has 21 heavy (non-hydrogen) atoms. The van der Waals surface area contributed by atoms with Gasteiger partial charge in [0, 0.05) is 19.6 Å². The number of nitrogens with two attached hydrogens (primary N) is 1. The van der Waals surface area contributed by atoms with E-state index >= 15 is 0 Å². The Hall–Kier alpha value is -1.14. The number of likely N-dealkylation sites (N-methyl/N-ethyl adjacent to an activating group) is 1. The molecule has 1 heterocycles. The lowest BCUT2D eigenvalue weighted by Gasteiger charge is -2.43. The van der Waals surface area contributed by atoms with Crippen LogP contribution in [0.1, 0.15) is 39.0 Å². The molecule has 1 atom stereocenters. The quantitative estimate of drug-likeness (QED) is 0.779. The van der Waals surface area contributed by atoms with Crippen molar-refractivity contribution in [1.29, 1.82) is 0 Å². The lowest BCUT2D eigenvalue weighted by molar-refractivity contribution is -0.157. The van der Waals surface area contributed by atoms with Crippen LogP contribution in [0.15, 0.2) is 0 Å². The summed E-state index contributed by atoms with van der Waals surface area (Å²) < 4.78 is 5.40. The minimum absolute atomic E-state index is 0.0456. The molecule has 0 spiro atoms. The molecule has 120 valence electrons. The second-order valence-electron chi connectivity index (χ2n) is 6.03. The number of hydrogen-bond donors (Lipinski definition) is 2. The van der Waals surface area contributed by atoms with E-state index in [2.05, 4.69) is 5.32 Å². The fourth-order valence-electron chi connectivity index (χ4n) is 3.39. The van der Waals surface area contributed by atoms with E-state index in [1.165, 1.54) is 0 Å². The first kappa shape index (κ1) is 16.2. The SMILES string of the molecule is CCNC(=O)C1COCCN1C(=O)C1(CN)CCCCC1. The zero-order valence-corrected chi connectivity index (χ0v) is 12.9. The van der Waals surface area contributed by atoms with Crippen molar-refractivity contribution in [2.45, 2.75) is 45.1 Å². The number of hydrogen-bond acceptors (Lipinski definition) is 4. The summed E-state index contributed by atoms with van der Waals surface area (Å²) in [6.45, 7) is 4.03. The summed E-state index contributed by atoms with van der Waals surface area (Å²) in [6.07, 6.45) is 4.92. The number of carbonyl (C=O) groups is 2. The number of nitrogens with zero attached hydrogens (tertiary/aromatic N) is 1. The number of morpholine rings is 1. The maximum atomic E-state index is 13.0. The van der Waals surface area contributed by atoms with Gasteiger partial charge in [0.1, 0.15) is 6.04 Å². The summed E-state index contributed by atoms with van der Waals surface area (Å²) in [7, 11) is 0. The van der Waals surface area contributed by atoms with Crippen LogP contribution in [0.3, 0.4) is 0 Å². The second kappa shape index (κ2) is 7.22. The van der Waals surface area contributed by atoms with E-state index < -0.39 is 11.5 Å². The Kier molecular flexibility index (Phi) is 5.58. The van der Waals surface area contributed by atoms with Crippen molar-refractivity contribution in [2.24, 2.45) is 11.1 Å². The van der Waals surface area contributed by atoms with Gasteiger partial charge in [0.2, 0.25) is 11.8 Å². The van der Waals surface area contributed by atoms with Crippen molar-refractivity contribution in [2.75, 3.05) is 32.8 Å². The third-order valence-corrected chi connectivity index (χ3v) is 4.70. The molecule has 1 aliphatic carbocycles. The molecule has 2 fully saturated rings. The highest BCUT2D eigenvalue weighted by Crippen LogP contribution is 2.37. The predicted molar refractivity (Wildman–Crippen MR) is 79.6 cm³/mol. The van der Waals surface area contributed by atoms with E-state index in [-0.39, 0.29) is 18.4 Å². The molecule has 0 aromatic carbocycles. The van der Waals surface area contributed by atoms with Crippen LogP contribution < -0.4 is 11.1 Å². The molecule has 2 aliphatic rings. The van der Waals surface area contributed by atoms with E-state index in [0.717, 1.165) is 32.1 Å². The van der Waals surface area contributed by atoms with E-state index in [1.54, 1.807) is 4.90 Å². The van der Waals surface area contributed by atoms with Crippen LogP contribution >= 0.6 is 0 Å². The summed E-state index contributed by atoms with van der Waals surface area (Å²) in [5.74, 6) is -0.0854. The molecule has 1 aliphatic heterocycles. The van der Waals surface area contributed by atoms with Gasteiger partial charge in [0.25, 0.3) is 0 Å². The molecule has 1 saturated carbocycles. The minimum atomic E-state index is -0.517. The first-order valence-corrected chi connectivity index (χ1v) is 8.01. The molecule has 0 bridgehead atoms. The summed E-state index contributed by atoms with van der Waals surface area (Å²) in [4.78, 5) is 26.9. The minimum Gasteiger partial charge on any atom is -0.377 e. The Morgan fingerprint density at radius 1 is 1.33 bits per heavy atom. The number of ether oxygens (including phenoxy) is 1. The first-order chi connectivity index (χ1) is 10.1. The van der Waals surface area contributed by atoms with Gasteiger partial charge < -0.3 is 20.7 Å². The van der Waals surface area contributed by atoms with Gasteiger partial charge in [-0.3, -0.25) is 9.59 Å². The average molecular weight is 297 g/mol. The fraction of sp³-hybridized carbons (Fsp3) is 0.867. The van der Waals surface area contributed by atoms with Crippen LogP contribution in [0.2, 0.25) is 0 Å². The lowest BCUT2D eigenvalue weighted by atomic mass is 9.72. The highest BCUT2D eigenvalue weighted by atomic mass is 16.5. The molecule has 6 heteroatoms. The zero-order valence-electron chi connectivity index (χ0n) is 12.9.